The molecule has 3 rings (SSSR count). The molecule has 0 fully saturated rings. The van der Waals surface area contributed by atoms with Gasteiger partial charge in [-0.25, -0.2) is 4.98 Å². The molecule has 0 radical (unpaired) electrons. The zero-order valence-corrected chi connectivity index (χ0v) is 18.7. The Morgan fingerprint density at radius 1 is 1.31 bits per heavy atom. The van der Waals surface area contributed by atoms with Crippen LogP contribution in [-0.2, 0) is 7.05 Å². The molecule has 1 aliphatic carbocycles. The first-order valence-electron chi connectivity index (χ1n) is 10.4. The Labute approximate surface area is 188 Å². The molecule has 9 heteroatoms. The van der Waals surface area contributed by atoms with Crippen LogP contribution in [0.1, 0.15) is 26.7 Å². The minimum atomic E-state index is 0.356. The van der Waals surface area contributed by atoms with E-state index >= 15 is 0 Å². The van der Waals surface area contributed by atoms with Gasteiger partial charge < -0.3 is 20.5 Å². The predicted octanol–water partition coefficient (Wildman–Crippen LogP) is 3.72. The van der Waals surface area contributed by atoms with Gasteiger partial charge in [0, 0.05) is 24.9 Å². The Morgan fingerprint density at radius 2 is 2.16 bits per heavy atom. The van der Waals surface area contributed by atoms with Gasteiger partial charge in [0.2, 0.25) is 5.88 Å². The summed E-state index contributed by atoms with van der Waals surface area (Å²) in [6.45, 7) is 8.74. The molecule has 0 atom stereocenters. The van der Waals surface area contributed by atoms with E-state index in [9.17, 15) is 0 Å². The van der Waals surface area contributed by atoms with Gasteiger partial charge in [-0.2, -0.15) is 9.90 Å². The summed E-state index contributed by atoms with van der Waals surface area (Å²) in [5.74, 6) is 3.27. The number of rotatable bonds is 10. The molecule has 0 unspecified atom stereocenters. The van der Waals surface area contributed by atoms with E-state index in [0.29, 0.717) is 52.8 Å². The van der Waals surface area contributed by atoms with Crippen molar-refractivity contribution >= 4 is 11.5 Å². The molecule has 3 N–H and O–H groups in total. The molecule has 0 saturated carbocycles. The average Bonchev–Trinajstić information content (AvgIpc) is 3.18. The quantitative estimate of drug-likeness (QED) is 0.547. The molecule has 0 spiro atoms. The number of hydrogen-bond acceptors (Lipinski definition) is 8. The lowest BCUT2D eigenvalue weighted by atomic mass is 10.0. The van der Waals surface area contributed by atoms with Crippen molar-refractivity contribution in [1.82, 2.24) is 20.0 Å². The number of hydrogen-bond donors (Lipinski definition) is 2. The predicted molar refractivity (Wildman–Crippen MR) is 125 cm³/mol. The Balaban J connectivity index is 1.69. The maximum absolute atomic E-state index is 6.27. The molecule has 32 heavy (non-hydrogen) atoms. The fourth-order valence-electron chi connectivity index (χ4n) is 2.93. The first-order chi connectivity index (χ1) is 15.4. The third-order valence-corrected chi connectivity index (χ3v) is 4.48. The minimum Gasteiger partial charge on any atom is -0.492 e. The van der Waals surface area contributed by atoms with Crippen LogP contribution in [0.2, 0.25) is 0 Å². The van der Waals surface area contributed by atoms with Crippen LogP contribution >= 0.6 is 0 Å². The molecule has 2 aromatic heterocycles. The number of nitrogens with one attached hydrogen (secondary N) is 1. The van der Waals surface area contributed by atoms with Gasteiger partial charge in [0.05, 0.1) is 24.7 Å². The van der Waals surface area contributed by atoms with E-state index in [1.807, 2.05) is 6.07 Å². The van der Waals surface area contributed by atoms with Crippen LogP contribution in [0.4, 0.5) is 5.82 Å². The van der Waals surface area contributed by atoms with Crippen LogP contribution < -0.4 is 20.5 Å². The number of pyridine rings is 1. The Kier molecular flexibility index (Phi) is 7.80. The van der Waals surface area contributed by atoms with Crippen molar-refractivity contribution in [3.63, 3.8) is 0 Å². The fourth-order valence-corrected chi connectivity index (χ4v) is 2.93. The Hall–Kier alpha value is -3.88. The highest BCUT2D eigenvalue weighted by atomic mass is 16.5. The molecule has 0 amide bonds. The van der Waals surface area contributed by atoms with Crippen molar-refractivity contribution in [2.75, 3.05) is 11.9 Å². The number of aryl methyl sites for hydroxylation is 1. The molecule has 2 aromatic rings. The molecule has 0 saturated heterocycles. The molecule has 1 aliphatic rings. The summed E-state index contributed by atoms with van der Waals surface area (Å²) in [6.07, 6.45) is 12.2. The van der Waals surface area contributed by atoms with Crippen molar-refractivity contribution in [1.29, 1.82) is 0 Å². The molecule has 0 aliphatic heterocycles. The molecule has 168 valence electrons. The van der Waals surface area contributed by atoms with Gasteiger partial charge in [0.15, 0.2) is 5.82 Å². The normalized spacial score (nSPS) is 16.1. The van der Waals surface area contributed by atoms with Gasteiger partial charge in [0.25, 0.3) is 0 Å². The lowest BCUT2D eigenvalue weighted by Crippen LogP contribution is -2.18. The van der Waals surface area contributed by atoms with E-state index in [1.54, 1.807) is 43.7 Å². The van der Waals surface area contributed by atoms with E-state index in [2.05, 4.69) is 45.9 Å². The van der Waals surface area contributed by atoms with Gasteiger partial charge >= 0.3 is 0 Å². The Bertz CT molecular complexity index is 1050. The third-order valence-electron chi connectivity index (χ3n) is 4.48. The van der Waals surface area contributed by atoms with Crippen LogP contribution in [0.3, 0.4) is 0 Å². The van der Waals surface area contributed by atoms with Crippen LogP contribution in [-0.4, -0.2) is 32.3 Å². The second-order valence-electron chi connectivity index (χ2n) is 7.57. The molecular weight excluding hydrogens is 406 g/mol. The van der Waals surface area contributed by atoms with Crippen LogP contribution in [0.25, 0.3) is 0 Å². The van der Waals surface area contributed by atoms with Gasteiger partial charge in [-0.3, -0.25) is 4.99 Å². The summed E-state index contributed by atoms with van der Waals surface area (Å²) in [7, 11) is 1.73. The van der Waals surface area contributed by atoms with Crippen molar-refractivity contribution in [3.05, 3.63) is 72.7 Å². The van der Waals surface area contributed by atoms with Gasteiger partial charge in [-0.05, 0) is 43.1 Å². The highest BCUT2D eigenvalue weighted by molar-refractivity contribution is 6.12. The average molecular weight is 436 g/mol. The summed E-state index contributed by atoms with van der Waals surface area (Å²) in [4.78, 5) is 10.0. The van der Waals surface area contributed by atoms with Crippen molar-refractivity contribution in [2.45, 2.75) is 26.7 Å². The first-order valence-corrected chi connectivity index (χ1v) is 10.4. The summed E-state index contributed by atoms with van der Waals surface area (Å²) in [6, 6.07) is 3.61. The van der Waals surface area contributed by atoms with Crippen molar-refractivity contribution in [2.24, 2.45) is 23.7 Å². The van der Waals surface area contributed by atoms with Crippen LogP contribution in [0.5, 0.6) is 11.6 Å². The zero-order valence-electron chi connectivity index (χ0n) is 18.7. The number of aromatic nitrogens is 4. The lowest BCUT2D eigenvalue weighted by Gasteiger charge is -2.15. The number of anilines is 1. The Morgan fingerprint density at radius 3 is 2.81 bits per heavy atom. The highest BCUT2D eigenvalue weighted by Crippen LogP contribution is 2.22. The second kappa shape index (κ2) is 10.9. The summed E-state index contributed by atoms with van der Waals surface area (Å²) in [5.41, 5.74) is 7.55. The summed E-state index contributed by atoms with van der Waals surface area (Å²) in [5, 5.41) is 11.2. The van der Waals surface area contributed by atoms with Gasteiger partial charge in [-0.15, -0.1) is 5.10 Å². The zero-order chi connectivity index (χ0) is 22.9. The van der Waals surface area contributed by atoms with E-state index < -0.39 is 0 Å². The molecule has 0 aromatic carbocycles. The van der Waals surface area contributed by atoms with E-state index in [-0.39, 0.29) is 0 Å². The smallest absolute Gasteiger partial charge is 0.219 e. The standard InChI is InChI=1S/C23H29N7O2/c1-5-25-20-10-8-17(13-19(20)23(24)28-21-15-27-30(4)29-21)32-22-11-9-18(14-26-22)31-12-6-7-16(2)3/h5,8-11,13-16H,1,6-7,12,24H2,2-4H3,(H,28,29)/b23-19+,25-20-. The maximum atomic E-state index is 6.27. The van der Waals surface area contributed by atoms with Gasteiger partial charge in [0.1, 0.15) is 17.3 Å². The number of aliphatic imine (C=N–C) groups is 1. The monoisotopic (exact) mass is 435 g/mol. The van der Waals surface area contributed by atoms with Gasteiger partial charge in [-0.1, -0.05) is 20.4 Å². The summed E-state index contributed by atoms with van der Waals surface area (Å²) >= 11 is 0. The summed E-state index contributed by atoms with van der Waals surface area (Å²) < 4.78 is 11.6. The number of ether oxygens (including phenoxy) is 2. The van der Waals surface area contributed by atoms with Crippen molar-refractivity contribution < 1.29 is 9.47 Å². The van der Waals surface area contributed by atoms with Crippen LogP contribution in [0.15, 0.2) is 77.7 Å². The second-order valence-corrected chi connectivity index (χ2v) is 7.57. The molecule has 9 nitrogen and oxygen atoms in total. The number of allylic oxidation sites excluding steroid dienone is 4. The highest BCUT2D eigenvalue weighted by Gasteiger charge is 2.15. The van der Waals surface area contributed by atoms with E-state index in [1.165, 1.54) is 11.0 Å². The van der Waals surface area contributed by atoms with Crippen molar-refractivity contribution in [3.8, 4) is 11.6 Å². The largest absolute Gasteiger partial charge is 0.492 e. The number of nitrogens with zero attached hydrogens (tertiary/aromatic N) is 5. The van der Waals surface area contributed by atoms with Crippen LogP contribution in [0, 0.1) is 5.92 Å². The third kappa shape index (κ3) is 6.56. The molecule has 0 bridgehead atoms. The fraction of sp³-hybridized carbons (Fsp3) is 0.304. The number of nitrogens with two attached hydrogens (primary N) is 1. The lowest BCUT2D eigenvalue weighted by molar-refractivity contribution is 0.295. The maximum Gasteiger partial charge on any atom is 0.219 e. The molecule has 2 heterocycles. The van der Waals surface area contributed by atoms with E-state index in [4.69, 9.17) is 15.2 Å². The van der Waals surface area contributed by atoms with E-state index in [0.717, 1.165) is 12.8 Å². The molecular formula is C23H29N7O2. The minimum absolute atomic E-state index is 0.356. The topological polar surface area (TPSA) is 112 Å². The SMILES string of the molecule is C=C/N=C1/C=CC(Oc2ccc(OCCCC(C)C)cn2)=C/C1=C(/N)Nc1cnn(C)n1. The first kappa shape index (κ1) is 22.8.